The summed E-state index contributed by atoms with van der Waals surface area (Å²) in [4.78, 5) is 26.7. The quantitative estimate of drug-likeness (QED) is 0.826. The molecule has 1 unspecified atom stereocenters. The highest BCUT2D eigenvalue weighted by Crippen LogP contribution is 2.46. The number of aromatic nitrogens is 3. The van der Waals surface area contributed by atoms with Crippen molar-refractivity contribution in [3.63, 3.8) is 0 Å². The number of carbonyl (C=O) groups excluding carboxylic acids is 1. The van der Waals surface area contributed by atoms with E-state index in [0.717, 1.165) is 51.0 Å². The highest BCUT2D eigenvalue weighted by molar-refractivity contribution is 5.79. The van der Waals surface area contributed by atoms with Crippen molar-refractivity contribution in [3.8, 4) is 0 Å². The van der Waals surface area contributed by atoms with Crippen molar-refractivity contribution in [3.05, 3.63) is 16.3 Å². The number of fused-ring (bicyclic) bond motifs is 1. The molecule has 1 aliphatic carbocycles. The van der Waals surface area contributed by atoms with Crippen molar-refractivity contribution in [2.45, 2.75) is 50.7 Å². The first-order valence-corrected chi connectivity index (χ1v) is 8.62. The molecule has 1 amide bonds. The van der Waals surface area contributed by atoms with E-state index >= 15 is 0 Å². The Bertz CT molecular complexity index is 680. The van der Waals surface area contributed by atoms with Crippen LogP contribution in [0.25, 0.3) is 0 Å². The monoisotopic (exact) mass is 320 g/mol. The van der Waals surface area contributed by atoms with Gasteiger partial charge < -0.3 is 10.0 Å². The first-order chi connectivity index (χ1) is 11.0. The number of likely N-dealkylation sites (tertiary alicyclic amines) is 1. The Kier molecular flexibility index (Phi) is 3.37. The van der Waals surface area contributed by atoms with Gasteiger partial charge in [-0.1, -0.05) is 0 Å². The van der Waals surface area contributed by atoms with Crippen LogP contribution in [0.4, 0.5) is 0 Å². The standard InChI is InChI=1S/C16H24N4O3/c1-18-15(22)20-10-11(2-3-13(20)17-18)14(21)19-8-4-12(5-9-19)16(23)6-7-16/h11-12,23H,2-10H2,1H3. The number of hydrogen-bond donors (Lipinski definition) is 1. The summed E-state index contributed by atoms with van der Waals surface area (Å²) < 4.78 is 3.00. The number of aliphatic hydroxyl groups is 1. The molecule has 0 bridgehead atoms. The second kappa shape index (κ2) is 5.19. The van der Waals surface area contributed by atoms with Crippen molar-refractivity contribution >= 4 is 5.91 Å². The molecule has 126 valence electrons. The zero-order chi connectivity index (χ0) is 16.2. The molecule has 0 spiro atoms. The van der Waals surface area contributed by atoms with Crippen molar-refractivity contribution < 1.29 is 9.90 Å². The fourth-order valence-corrected chi connectivity index (χ4v) is 4.17. The smallest absolute Gasteiger partial charge is 0.345 e. The molecule has 1 aromatic rings. The molecule has 1 aromatic heterocycles. The lowest BCUT2D eigenvalue weighted by Crippen LogP contribution is -2.46. The summed E-state index contributed by atoms with van der Waals surface area (Å²) >= 11 is 0. The van der Waals surface area contributed by atoms with Gasteiger partial charge in [-0.15, -0.1) is 0 Å². The summed E-state index contributed by atoms with van der Waals surface area (Å²) in [5.74, 6) is 1.18. The average molecular weight is 320 g/mol. The molecule has 3 heterocycles. The van der Waals surface area contributed by atoms with Crippen LogP contribution in [-0.4, -0.2) is 49.0 Å². The van der Waals surface area contributed by atoms with Gasteiger partial charge in [-0.2, -0.15) is 5.10 Å². The van der Waals surface area contributed by atoms with Crippen LogP contribution in [0.5, 0.6) is 0 Å². The van der Waals surface area contributed by atoms with Crippen LogP contribution < -0.4 is 5.69 Å². The van der Waals surface area contributed by atoms with E-state index in [9.17, 15) is 14.7 Å². The lowest BCUT2D eigenvalue weighted by molar-refractivity contribution is -0.138. The summed E-state index contributed by atoms with van der Waals surface area (Å²) in [6, 6.07) is 0. The minimum atomic E-state index is -0.433. The Hall–Kier alpha value is -1.63. The van der Waals surface area contributed by atoms with E-state index in [0.29, 0.717) is 18.9 Å². The van der Waals surface area contributed by atoms with Crippen LogP contribution in [0.1, 0.15) is 37.9 Å². The maximum atomic E-state index is 12.8. The lowest BCUT2D eigenvalue weighted by atomic mass is 9.88. The van der Waals surface area contributed by atoms with Crippen LogP contribution in [0.15, 0.2) is 4.79 Å². The molecule has 23 heavy (non-hydrogen) atoms. The molecular formula is C16H24N4O3. The Morgan fingerprint density at radius 2 is 1.96 bits per heavy atom. The fraction of sp³-hybridized carbons (Fsp3) is 0.812. The van der Waals surface area contributed by atoms with Gasteiger partial charge in [-0.3, -0.25) is 9.36 Å². The summed E-state index contributed by atoms with van der Waals surface area (Å²) in [5, 5.41) is 14.4. The molecule has 7 nitrogen and oxygen atoms in total. The molecule has 0 radical (unpaired) electrons. The molecule has 1 saturated carbocycles. The minimum Gasteiger partial charge on any atom is -0.390 e. The molecule has 1 saturated heterocycles. The Balaban J connectivity index is 1.40. The summed E-state index contributed by atoms with van der Waals surface area (Å²) in [6.07, 6.45) is 5.07. The summed E-state index contributed by atoms with van der Waals surface area (Å²) in [6.45, 7) is 1.92. The predicted octanol–water partition coefficient (Wildman–Crippen LogP) is -0.0923. The largest absolute Gasteiger partial charge is 0.390 e. The topological polar surface area (TPSA) is 80.4 Å². The van der Waals surface area contributed by atoms with Crippen LogP contribution >= 0.6 is 0 Å². The third kappa shape index (κ3) is 2.51. The SMILES string of the molecule is Cn1nc2n(c1=O)CC(C(=O)N1CCC(C3(O)CC3)CC1)CC2. The molecule has 4 rings (SSSR count). The van der Waals surface area contributed by atoms with Crippen molar-refractivity contribution in [2.24, 2.45) is 18.9 Å². The Morgan fingerprint density at radius 1 is 1.26 bits per heavy atom. The number of aryl methyl sites for hydroxylation is 2. The summed E-state index contributed by atoms with van der Waals surface area (Å²) in [5.41, 5.74) is -0.565. The average Bonchev–Trinajstić information content (AvgIpc) is 3.26. The van der Waals surface area contributed by atoms with Gasteiger partial charge in [-0.25, -0.2) is 9.48 Å². The van der Waals surface area contributed by atoms with Gasteiger partial charge in [0.1, 0.15) is 5.82 Å². The molecular weight excluding hydrogens is 296 g/mol. The van der Waals surface area contributed by atoms with E-state index in [4.69, 9.17) is 0 Å². The first-order valence-electron chi connectivity index (χ1n) is 8.62. The molecule has 2 aliphatic heterocycles. The molecule has 3 aliphatic rings. The third-order valence-corrected chi connectivity index (χ3v) is 5.88. The van der Waals surface area contributed by atoms with Gasteiger partial charge in [0.05, 0.1) is 11.5 Å². The number of carbonyl (C=O) groups is 1. The second-order valence-corrected chi connectivity index (χ2v) is 7.37. The number of amides is 1. The van der Waals surface area contributed by atoms with Gasteiger partial charge in [0, 0.05) is 33.1 Å². The fourth-order valence-electron chi connectivity index (χ4n) is 4.17. The number of nitrogens with zero attached hydrogens (tertiary/aromatic N) is 4. The normalized spacial score (nSPS) is 26.9. The second-order valence-electron chi connectivity index (χ2n) is 7.37. The highest BCUT2D eigenvalue weighted by atomic mass is 16.3. The van der Waals surface area contributed by atoms with Crippen LogP contribution in [-0.2, 0) is 24.8 Å². The first kappa shape index (κ1) is 14.9. The van der Waals surface area contributed by atoms with Gasteiger partial charge in [0.2, 0.25) is 5.91 Å². The van der Waals surface area contributed by atoms with Crippen LogP contribution in [0.2, 0.25) is 0 Å². The maximum Gasteiger partial charge on any atom is 0.345 e. The van der Waals surface area contributed by atoms with Gasteiger partial charge in [0.25, 0.3) is 0 Å². The molecule has 2 fully saturated rings. The maximum absolute atomic E-state index is 12.8. The molecule has 7 heteroatoms. The van der Waals surface area contributed by atoms with E-state index in [2.05, 4.69) is 5.10 Å². The zero-order valence-electron chi connectivity index (χ0n) is 13.6. The van der Waals surface area contributed by atoms with E-state index in [1.807, 2.05) is 4.90 Å². The van der Waals surface area contributed by atoms with E-state index in [-0.39, 0.29) is 17.5 Å². The summed E-state index contributed by atoms with van der Waals surface area (Å²) in [7, 11) is 1.65. The zero-order valence-corrected chi connectivity index (χ0v) is 13.6. The van der Waals surface area contributed by atoms with E-state index < -0.39 is 5.60 Å². The highest BCUT2D eigenvalue weighted by Gasteiger charge is 2.48. The molecule has 1 N–H and O–H groups in total. The third-order valence-electron chi connectivity index (χ3n) is 5.88. The number of hydrogen-bond acceptors (Lipinski definition) is 4. The Morgan fingerprint density at radius 3 is 2.61 bits per heavy atom. The van der Waals surface area contributed by atoms with E-state index in [1.165, 1.54) is 4.68 Å². The molecule has 1 atom stereocenters. The van der Waals surface area contributed by atoms with Crippen molar-refractivity contribution in [1.82, 2.24) is 19.2 Å². The minimum absolute atomic E-state index is 0.120. The van der Waals surface area contributed by atoms with Gasteiger partial charge >= 0.3 is 5.69 Å². The van der Waals surface area contributed by atoms with Gasteiger partial charge in [-0.05, 0) is 38.0 Å². The Labute approximate surface area is 134 Å². The molecule has 0 aromatic carbocycles. The van der Waals surface area contributed by atoms with Crippen molar-refractivity contribution in [2.75, 3.05) is 13.1 Å². The van der Waals surface area contributed by atoms with E-state index in [1.54, 1.807) is 11.6 Å². The lowest BCUT2D eigenvalue weighted by Gasteiger charge is -2.36. The number of rotatable bonds is 2. The van der Waals surface area contributed by atoms with Gasteiger partial charge in [0.15, 0.2) is 0 Å². The van der Waals surface area contributed by atoms with Crippen LogP contribution in [0.3, 0.4) is 0 Å². The van der Waals surface area contributed by atoms with Crippen LogP contribution in [0, 0.1) is 11.8 Å². The van der Waals surface area contributed by atoms with Crippen molar-refractivity contribution in [1.29, 1.82) is 0 Å². The predicted molar refractivity (Wildman–Crippen MR) is 82.8 cm³/mol. The number of piperidine rings is 1.